The highest BCUT2D eigenvalue weighted by Crippen LogP contribution is 2.33. The van der Waals surface area contributed by atoms with Gasteiger partial charge in [0.15, 0.2) is 5.78 Å². The van der Waals surface area contributed by atoms with Crippen LogP contribution in [0.3, 0.4) is 0 Å². The number of amides is 1. The Bertz CT molecular complexity index is 375. The van der Waals surface area contributed by atoms with Crippen molar-refractivity contribution in [1.29, 1.82) is 0 Å². The van der Waals surface area contributed by atoms with Crippen LogP contribution < -0.4 is 5.32 Å². The highest BCUT2D eigenvalue weighted by Gasteiger charge is 2.41. The standard InChI is InChI=1S/C14H23F3N2O2/c1-9(2)13(10(3)20)18-12(21)8-19-6-4-11(5-7-19)14(15,16)17/h9,11,13H,4-8H2,1-3H3,(H,18,21). The van der Waals surface area contributed by atoms with E-state index in [1.165, 1.54) is 6.92 Å². The van der Waals surface area contributed by atoms with Crippen LogP contribution in [0.15, 0.2) is 0 Å². The van der Waals surface area contributed by atoms with Crippen LogP contribution in [0.5, 0.6) is 0 Å². The molecule has 4 nitrogen and oxygen atoms in total. The third-order valence-corrected chi connectivity index (χ3v) is 3.84. The van der Waals surface area contributed by atoms with Crippen molar-refractivity contribution in [3.8, 4) is 0 Å². The van der Waals surface area contributed by atoms with Crippen LogP contribution in [0, 0.1) is 11.8 Å². The predicted octanol–water partition coefficient (Wildman–Crippen LogP) is 1.99. The largest absolute Gasteiger partial charge is 0.391 e. The van der Waals surface area contributed by atoms with Gasteiger partial charge < -0.3 is 5.32 Å². The monoisotopic (exact) mass is 308 g/mol. The smallest absolute Gasteiger partial charge is 0.345 e. The van der Waals surface area contributed by atoms with Crippen molar-refractivity contribution in [3.05, 3.63) is 0 Å². The van der Waals surface area contributed by atoms with E-state index >= 15 is 0 Å². The van der Waals surface area contributed by atoms with Gasteiger partial charge in [0.2, 0.25) is 5.91 Å². The van der Waals surface area contributed by atoms with Crippen molar-refractivity contribution in [2.24, 2.45) is 11.8 Å². The minimum atomic E-state index is -4.15. The Kier molecular flexibility index (Phi) is 6.19. The van der Waals surface area contributed by atoms with Gasteiger partial charge in [-0.1, -0.05) is 13.8 Å². The Morgan fingerprint density at radius 1 is 1.24 bits per heavy atom. The van der Waals surface area contributed by atoms with Crippen LogP contribution in [-0.4, -0.2) is 48.4 Å². The molecule has 0 aliphatic carbocycles. The number of nitrogens with one attached hydrogen (secondary N) is 1. The molecule has 0 bridgehead atoms. The van der Waals surface area contributed by atoms with E-state index in [2.05, 4.69) is 5.32 Å². The lowest BCUT2D eigenvalue weighted by Gasteiger charge is -2.32. The minimum Gasteiger partial charge on any atom is -0.345 e. The highest BCUT2D eigenvalue weighted by molar-refractivity contribution is 5.88. The van der Waals surface area contributed by atoms with Crippen LogP contribution in [0.2, 0.25) is 0 Å². The van der Waals surface area contributed by atoms with Crippen LogP contribution in [0.25, 0.3) is 0 Å². The van der Waals surface area contributed by atoms with Gasteiger partial charge in [-0.25, -0.2) is 0 Å². The van der Waals surface area contributed by atoms with Gasteiger partial charge in [0.25, 0.3) is 0 Å². The summed E-state index contributed by atoms with van der Waals surface area (Å²) in [5.74, 6) is -1.71. The molecule has 0 spiro atoms. The van der Waals surface area contributed by atoms with Gasteiger partial charge in [-0.2, -0.15) is 13.2 Å². The number of carbonyl (C=O) groups excluding carboxylic acids is 2. The number of Topliss-reactive ketones (excluding diaryl/α,β-unsaturated/α-hetero) is 1. The second kappa shape index (κ2) is 7.24. The first kappa shape index (κ1) is 17.9. The fourth-order valence-electron chi connectivity index (χ4n) is 2.58. The lowest BCUT2D eigenvalue weighted by Crippen LogP contribution is -2.49. The van der Waals surface area contributed by atoms with E-state index in [4.69, 9.17) is 0 Å². The second-order valence-electron chi connectivity index (χ2n) is 5.99. The Morgan fingerprint density at radius 2 is 1.76 bits per heavy atom. The summed E-state index contributed by atoms with van der Waals surface area (Å²) in [4.78, 5) is 25.0. The zero-order chi connectivity index (χ0) is 16.2. The van der Waals surface area contributed by atoms with Gasteiger partial charge in [0.05, 0.1) is 18.5 Å². The van der Waals surface area contributed by atoms with Gasteiger partial charge in [-0.3, -0.25) is 14.5 Å². The molecule has 7 heteroatoms. The van der Waals surface area contributed by atoms with Crippen molar-refractivity contribution < 1.29 is 22.8 Å². The van der Waals surface area contributed by atoms with Crippen LogP contribution in [0.1, 0.15) is 33.6 Å². The number of rotatable bonds is 5. The summed E-state index contributed by atoms with van der Waals surface area (Å²) in [6.45, 7) is 5.64. The molecule has 122 valence electrons. The summed E-state index contributed by atoms with van der Waals surface area (Å²) >= 11 is 0. The number of nitrogens with zero attached hydrogens (tertiary/aromatic N) is 1. The van der Waals surface area contributed by atoms with E-state index in [-0.39, 0.29) is 50.1 Å². The molecule has 1 fully saturated rings. The molecule has 0 aromatic heterocycles. The molecular weight excluding hydrogens is 285 g/mol. The van der Waals surface area contributed by atoms with E-state index in [1.807, 2.05) is 13.8 Å². The van der Waals surface area contributed by atoms with Crippen molar-refractivity contribution in [2.75, 3.05) is 19.6 Å². The van der Waals surface area contributed by atoms with Crippen molar-refractivity contribution in [2.45, 2.75) is 45.8 Å². The maximum atomic E-state index is 12.5. The fourth-order valence-corrected chi connectivity index (χ4v) is 2.58. The molecule has 0 aromatic rings. The van der Waals surface area contributed by atoms with E-state index in [0.29, 0.717) is 0 Å². The molecule has 1 heterocycles. The average molecular weight is 308 g/mol. The lowest BCUT2D eigenvalue weighted by atomic mass is 9.96. The molecule has 1 N–H and O–H groups in total. The van der Waals surface area contributed by atoms with Gasteiger partial charge in [0, 0.05) is 0 Å². The Morgan fingerprint density at radius 3 is 2.14 bits per heavy atom. The number of ketones is 1. The summed E-state index contributed by atoms with van der Waals surface area (Å²) < 4.78 is 37.6. The third-order valence-electron chi connectivity index (χ3n) is 3.84. The lowest BCUT2D eigenvalue weighted by molar-refractivity contribution is -0.185. The second-order valence-corrected chi connectivity index (χ2v) is 5.99. The molecule has 1 aliphatic heterocycles. The van der Waals surface area contributed by atoms with Gasteiger partial charge in [0.1, 0.15) is 0 Å². The number of carbonyl (C=O) groups is 2. The number of hydrogen-bond acceptors (Lipinski definition) is 3. The normalized spacial score (nSPS) is 19.6. The van der Waals surface area contributed by atoms with Crippen LogP contribution in [-0.2, 0) is 9.59 Å². The molecule has 0 aromatic carbocycles. The molecule has 1 rings (SSSR count). The number of alkyl halides is 3. The summed E-state index contributed by atoms with van der Waals surface area (Å²) in [7, 11) is 0. The van der Waals surface area contributed by atoms with E-state index in [0.717, 1.165) is 0 Å². The zero-order valence-electron chi connectivity index (χ0n) is 12.7. The Balaban J connectivity index is 2.42. The number of piperidine rings is 1. The molecule has 0 radical (unpaired) electrons. The maximum Gasteiger partial charge on any atom is 0.391 e. The number of likely N-dealkylation sites (tertiary alicyclic amines) is 1. The molecule has 0 saturated carbocycles. The molecule has 1 unspecified atom stereocenters. The summed E-state index contributed by atoms with van der Waals surface area (Å²) in [5.41, 5.74) is 0. The number of halogens is 3. The summed E-state index contributed by atoms with van der Waals surface area (Å²) in [6.07, 6.45) is -4.10. The Labute approximate surface area is 123 Å². The highest BCUT2D eigenvalue weighted by atomic mass is 19.4. The molecule has 1 amide bonds. The molecule has 1 saturated heterocycles. The van der Waals surface area contributed by atoms with Crippen LogP contribution in [0.4, 0.5) is 13.2 Å². The van der Waals surface area contributed by atoms with Crippen molar-refractivity contribution >= 4 is 11.7 Å². The summed E-state index contributed by atoms with van der Waals surface area (Å²) in [5, 5.41) is 2.65. The first-order valence-corrected chi connectivity index (χ1v) is 7.20. The average Bonchev–Trinajstić information content (AvgIpc) is 2.34. The molecular formula is C14H23F3N2O2. The van der Waals surface area contributed by atoms with E-state index < -0.39 is 18.1 Å². The van der Waals surface area contributed by atoms with Crippen molar-refractivity contribution in [1.82, 2.24) is 10.2 Å². The predicted molar refractivity (Wildman–Crippen MR) is 72.7 cm³/mol. The zero-order valence-corrected chi connectivity index (χ0v) is 12.7. The SMILES string of the molecule is CC(=O)C(NC(=O)CN1CCC(C(F)(F)F)CC1)C(C)C. The minimum absolute atomic E-state index is 0.0117. The quantitative estimate of drug-likeness (QED) is 0.845. The van der Waals surface area contributed by atoms with Crippen LogP contribution >= 0.6 is 0 Å². The molecule has 21 heavy (non-hydrogen) atoms. The maximum absolute atomic E-state index is 12.5. The van der Waals surface area contributed by atoms with Crippen molar-refractivity contribution in [3.63, 3.8) is 0 Å². The number of hydrogen-bond donors (Lipinski definition) is 1. The van der Waals surface area contributed by atoms with E-state index in [9.17, 15) is 22.8 Å². The third kappa shape index (κ3) is 5.65. The summed E-state index contributed by atoms with van der Waals surface area (Å²) in [6, 6.07) is -0.537. The van der Waals surface area contributed by atoms with Gasteiger partial charge >= 0.3 is 6.18 Å². The first-order valence-electron chi connectivity index (χ1n) is 7.20. The van der Waals surface area contributed by atoms with Gasteiger partial charge in [-0.15, -0.1) is 0 Å². The Hall–Kier alpha value is -1.11. The van der Waals surface area contributed by atoms with E-state index in [1.54, 1.807) is 4.90 Å². The topological polar surface area (TPSA) is 49.4 Å². The fraction of sp³-hybridized carbons (Fsp3) is 0.857. The van der Waals surface area contributed by atoms with Gasteiger partial charge in [-0.05, 0) is 38.8 Å². The molecule has 1 aliphatic rings. The molecule has 1 atom stereocenters. The first-order chi connectivity index (χ1) is 9.61.